The van der Waals surface area contributed by atoms with Gasteiger partial charge in [0, 0.05) is 22.9 Å². The lowest BCUT2D eigenvalue weighted by Crippen LogP contribution is -2.83. The number of ether oxygens (including phenoxy) is 2. The summed E-state index contributed by atoms with van der Waals surface area (Å²) in [6, 6.07) is 20.9. The van der Waals surface area contributed by atoms with Crippen molar-refractivity contribution in [3.05, 3.63) is 89.2 Å². The maximum atomic E-state index is 6.44. The number of hydrogen-bond acceptors (Lipinski definition) is 3. The van der Waals surface area contributed by atoms with Crippen molar-refractivity contribution in [3.63, 3.8) is 0 Å². The highest BCUT2D eigenvalue weighted by Crippen LogP contribution is 2.38. The van der Waals surface area contributed by atoms with Crippen molar-refractivity contribution in [2.75, 3.05) is 6.79 Å². The van der Waals surface area contributed by atoms with Crippen LogP contribution >= 0.6 is 0 Å². The Bertz CT molecular complexity index is 1210. The SMILES string of the molecule is Cc1c(-c2ccccc2)oc2c1C[NH2+]C(c1ccc3c(c1)OCO3)c1cccn1-2. The fourth-order valence-electron chi connectivity index (χ4n) is 4.43. The first kappa shape index (κ1) is 16.5. The fourth-order valence-corrected chi connectivity index (χ4v) is 4.43. The number of furan rings is 1. The van der Waals surface area contributed by atoms with E-state index in [1.54, 1.807) is 0 Å². The number of nitrogens with zero attached hydrogens (tertiary/aromatic N) is 1. The monoisotopic (exact) mass is 385 g/mol. The lowest BCUT2D eigenvalue weighted by Gasteiger charge is -2.15. The summed E-state index contributed by atoms with van der Waals surface area (Å²) in [5, 5.41) is 2.37. The van der Waals surface area contributed by atoms with E-state index in [9.17, 15) is 0 Å². The lowest BCUT2D eigenvalue weighted by atomic mass is 10.0. The minimum absolute atomic E-state index is 0.154. The molecule has 0 aliphatic carbocycles. The number of benzene rings is 2. The first-order valence-electron chi connectivity index (χ1n) is 9.88. The van der Waals surface area contributed by atoms with E-state index in [-0.39, 0.29) is 6.04 Å². The van der Waals surface area contributed by atoms with E-state index < -0.39 is 0 Å². The van der Waals surface area contributed by atoms with Crippen molar-refractivity contribution in [2.45, 2.75) is 19.5 Å². The van der Waals surface area contributed by atoms with Crippen molar-refractivity contribution in [1.82, 2.24) is 4.57 Å². The van der Waals surface area contributed by atoms with Gasteiger partial charge >= 0.3 is 0 Å². The van der Waals surface area contributed by atoms with Crippen molar-refractivity contribution in [2.24, 2.45) is 0 Å². The van der Waals surface area contributed by atoms with Crippen molar-refractivity contribution in [1.29, 1.82) is 0 Å². The van der Waals surface area contributed by atoms with Crippen molar-refractivity contribution >= 4 is 0 Å². The van der Waals surface area contributed by atoms with Crippen LogP contribution in [-0.4, -0.2) is 11.4 Å². The van der Waals surface area contributed by atoms with Crippen LogP contribution in [0.25, 0.3) is 17.2 Å². The van der Waals surface area contributed by atoms with Crippen LogP contribution in [0.1, 0.15) is 28.4 Å². The topological polar surface area (TPSA) is 53.1 Å². The van der Waals surface area contributed by atoms with Gasteiger partial charge in [-0.2, -0.15) is 0 Å². The first-order chi connectivity index (χ1) is 14.3. The van der Waals surface area contributed by atoms with Crippen LogP contribution in [0, 0.1) is 6.92 Å². The summed E-state index contributed by atoms with van der Waals surface area (Å²) in [5.74, 6) is 3.50. The van der Waals surface area contributed by atoms with Crippen LogP contribution in [-0.2, 0) is 6.54 Å². The molecule has 0 saturated heterocycles. The molecule has 0 amide bonds. The summed E-state index contributed by atoms with van der Waals surface area (Å²) in [5.41, 5.74) is 5.94. The maximum absolute atomic E-state index is 6.44. The maximum Gasteiger partial charge on any atom is 0.231 e. The molecule has 0 radical (unpaired) electrons. The van der Waals surface area contributed by atoms with Gasteiger partial charge in [-0.3, -0.25) is 4.57 Å². The molecule has 6 rings (SSSR count). The quantitative estimate of drug-likeness (QED) is 0.569. The molecule has 0 fully saturated rings. The second-order valence-electron chi connectivity index (χ2n) is 7.54. The second kappa shape index (κ2) is 6.29. The summed E-state index contributed by atoms with van der Waals surface area (Å²) in [7, 11) is 0. The van der Waals surface area contributed by atoms with Gasteiger partial charge in [-0.1, -0.05) is 30.3 Å². The van der Waals surface area contributed by atoms with Gasteiger partial charge in [0.1, 0.15) is 12.3 Å². The Labute approximate surface area is 168 Å². The van der Waals surface area contributed by atoms with Gasteiger partial charge in [0.15, 0.2) is 17.5 Å². The van der Waals surface area contributed by atoms with Crippen LogP contribution < -0.4 is 14.8 Å². The molecule has 0 bridgehead atoms. The van der Waals surface area contributed by atoms with Crippen LogP contribution in [0.5, 0.6) is 11.5 Å². The zero-order valence-corrected chi connectivity index (χ0v) is 16.1. The fraction of sp³-hybridized carbons (Fsp3) is 0.167. The van der Waals surface area contributed by atoms with E-state index in [2.05, 4.69) is 59.4 Å². The minimum Gasteiger partial charge on any atom is -0.454 e. The number of rotatable bonds is 2. The van der Waals surface area contributed by atoms with Gasteiger partial charge in [-0.05, 0) is 37.3 Å². The van der Waals surface area contributed by atoms with Crippen LogP contribution in [0.15, 0.2) is 71.3 Å². The molecule has 2 aromatic carbocycles. The normalized spacial score (nSPS) is 16.9. The molecular weight excluding hydrogens is 364 g/mol. The van der Waals surface area contributed by atoms with Crippen LogP contribution in [0.2, 0.25) is 0 Å². The number of hydrogen-bond donors (Lipinski definition) is 1. The van der Waals surface area contributed by atoms with Crippen LogP contribution in [0.4, 0.5) is 0 Å². The molecule has 4 heterocycles. The Morgan fingerprint density at radius 1 is 0.966 bits per heavy atom. The Balaban J connectivity index is 1.46. The second-order valence-corrected chi connectivity index (χ2v) is 7.54. The van der Waals surface area contributed by atoms with E-state index in [0.29, 0.717) is 6.79 Å². The average molecular weight is 385 g/mol. The predicted molar refractivity (Wildman–Crippen MR) is 108 cm³/mol. The summed E-state index contributed by atoms with van der Waals surface area (Å²) < 4.78 is 19.7. The molecule has 1 unspecified atom stereocenters. The molecule has 1 atom stereocenters. The molecule has 29 heavy (non-hydrogen) atoms. The summed E-state index contributed by atoms with van der Waals surface area (Å²) in [4.78, 5) is 0. The third-order valence-electron chi connectivity index (χ3n) is 5.92. The van der Waals surface area contributed by atoms with Gasteiger partial charge in [0.2, 0.25) is 12.7 Å². The lowest BCUT2D eigenvalue weighted by molar-refractivity contribution is -0.702. The smallest absolute Gasteiger partial charge is 0.231 e. The summed E-state index contributed by atoms with van der Waals surface area (Å²) in [6.45, 7) is 3.29. The van der Waals surface area contributed by atoms with E-state index in [4.69, 9.17) is 13.9 Å². The van der Waals surface area contributed by atoms with Gasteiger partial charge < -0.3 is 19.2 Å². The molecule has 5 nitrogen and oxygen atoms in total. The zero-order valence-electron chi connectivity index (χ0n) is 16.1. The van der Waals surface area contributed by atoms with E-state index in [1.165, 1.54) is 22.4 Å². The Morgan fingerprint density at radius 2 is 1.83 bits per heavy atom. The highest BCUT2D eigenvalue weighted by Gasteiger charge is 2.31. The standard InChI is InChI=1S/C24H20N2O3/c1-15-18-13-25-22(17-9-10-20-21(12-17)28-14-27-20)19-8-5-11-26(19)24(18)29-23(15)16-6-3-2-4-7-16/h2-12,22,25H,13-14H2,1H3/p+1. The molecule has 0 saturated carbocycles. The third kappa shape index (κ3) is 2.51. The van der Waals surface area contributed by atoms with Gasteiger partial charge in [-0.25, -0.2) is 0 Å². The first-order valence-corrected chi connectivity index (χ1v) is 9.88. The van der Waals surface area contributed by atoms with Crippen molar-refractivity contribution in [3.8, 4) is 28.7 Å². The predicted octanol–water partition coefficient (Wildman–Crippen LogP) is 3.94. The molecule has 2 aliphatic rings. The van der Waals surface area contributed by atoms with E-state index in [1.807, 2.05) is 24.3 Å². The van der Waals surface area contributed by atoms with E-state index in [0.717, 1.165) is 35.3 Å². The van der Waals surface area contributed by atoms with Gasteiger partial charge in [0.05, 0.1) is 11.3 Å². The Kier molecular flexibility index (Phi) is 3.58. The van der Waals surface area contributed by atoms with E-state index >= 15 is 0 Å². The van der Waals surface area contributed by atoms with Gasteiger partial charge in [0.25, 0.3) is 0 Å². The summed E-state index contributed by atoms with van der Waals surface area (Å²) in [6.07, 6.45) is 2.09. The largest absolute Gasteiger partial charge is 0.454 e. The Morgan fingerprint density at radius 3 is 2.72 bits per heavy atom. The number of aromatic nitrogens is 1. The number of fused-ring (bicyclic) bond motifs is 4. The zero-order chi connectivity index (χ0) is 19.4. The molecule has 5 heteroatoms. The highest BCUT2D eigenvalue weighted by molar-refractivity contribution is 5.65. The summed E-state index contributed by atoms with van der Waals surface area (Å²) >= 11 is 0. The molecule has 2 aliphatic heterocycles. The number of quaternary nitrogens is 1. The van der Waals surface area contributed by atoms with Gasteiger partial charge in [-0.15, -0.1) is 0 Å². The number of nitrogens with two attached hydrogens (primary N) is 1. The molecule has 2 N–H and O–H groups in total. The van der Waals surface area contributed by atoms with Crippen molar-refractivity contribution < 1.29 is 19.2 Å². The molecule has 4 aromatic rings. The third-order valence-corrected chi connectivity index (χ3v) is 5.92. The Hall–Kier alpha value is -3.44. The highest BCUT2D eigenvalue weighted by atomic mass is 16.7. The molecule has 0 spiro atoms. The molecular formula is C24H21N2O3+. The molecule has 2 aromatic heterocycles. The minimum atomic E-state index is 0.154. The average Bonchev–Trinajstić information content (AvgIpc) is 3.46. The molecule has 144 valence electrons. The van der Waals surface area contributed by atoms with Crippen LogP contribution in [0.3, 0.4) is 0 Å².